The number of tetrazole rings is 1. The van der Waals surface area contributed by atoms with Crippen molar-refractivity contribution >= 4 is 5.91 Å². The lowest BCUT2D eigenvalue weighted by atomic mass is 10.1. The zero-order valence-electron chi connectivity index (χ0n) is 14.4. The number of carbonyl (C=O) groups excluding carboxylic acids is 1. The molecule has 0 radical (unpaired) electrons. The molecule has 25 heavy (non-hydrogen) atoms. The van der Waals surface area contributed by atoms with Crippen molar-refractivity contribution in [1.29, 1.82) is 0 Å². The summed E-state index contributed by atoms with van der Waals surface area (Å²) in [6, 6.07) is 17.7. The van der Waals surface area contributed by atoms with Crippen LogP contribution in [0.5, 0.6) is 0 Å². The van der Waals surface area contributed by atoms with Gasteiger partial charge in [-0.3, -0.25) is 4.79 Å². The van der Waals surface area contributed by atoms with Crippen molar-refractivity contribution in [2.24, 2.45) is 0 Å². The number of hydrogen-bond acceptors (Lipinski definition) is 4. The van der Waals surface area contributed by atoms with Crippen LogP contribution in [-0.4, -0.2) is 32.2 Å². The van der Waals surface area contributed by atoms with E-state index in [9.17, 15) is 4.79 Å². The summed E-state index contributed by atoms with van der Waals surface area (Å²) in [6.07, 6.45) is 1.80. The van der Waals surface area contributed by atoms with E-state index >= 15 is 0 Å². The second-order valence-electron chi connectivity index (χ2n) is 6.05. The van der Waals surface area contributed by atoms with E-state index in [1.165, 1.54) is 5.56 Å². The predicted octanol–water partition coefficient (Wildman–Crippen LogP) is 2.72. The van der Waals surface area contributed by atoms with Crippen molar-refractivity contribution in [2.45, 2.75) is 32.7 Å². The molecule has 2 aromatic carbocycles. The van der Waals surface area contributed by atoms with Gasteiger partial charge in [0.15, 0.2) is 5.82 Å². The maximum Gasteiger partial charge on any atom is 0.253 e. The van der Waals surface area contributed by atoms with Gasteiger partial charge in [0.05, 0.1) is 11.3 Å². The highest BCUT2D eigenvalue weighted by molar-refractivity contribution is 5.97. The average Bonchev–Trinajstić information content (AvgIpc) is 3.06. The summed E-state index contributed by atoms with van der Waals surface area (Å²) < 4.78 is 1.57. The lowest BCUT2D eigenvalue weighted by Gasteiger charge is -2.15. The Labute approximate surface area is 146 Å². The molecule has 1 amide bonds. The molecular formula is C19H21N5O. The maximum atomic E-state index is 12.7. The number of amides is 1. The van der Waals surface area contributed by atoms with Gasteiger partial charge in [0.1, 0.15) is 0 Å². The Morgan fingerprint density at radius 1 is 1.12 bits per heavy atom. The molecule has 6 heteroatoms. The highest BCUT2D eigenvalue weighted by atomic mass is 16.1. The van der Waals surface area contributed by atoms with E-state index < -0.39 is 0 Å². The highest BCUT2D eigenvalue weighted by Gasteiger charge is 2.16. The van der Waals surface area contributed by atoms with Gasteiger partial charge >= 0.3 is 0 Å². The molecule has 0 spiro atoms. The summed E-state index contributed by atoms with van der Waals surface area (Å²) in [7, 11) is 0. The minimum Gasteiger partial charge on any atom is -0.350 e. The summed E-state index contributed by atoms with van der Waals surface area (Å²) in [5.41, 5.74) is 2.51. The Bertz CT molecular complexity index is 844. The molecule has 1 atom stereocenters. The summed E-state index contributed by atoms with van der Waals surface area (Å²) in [6.45, 7) is 3.82. The summed E-state index contributed by atoms with van der Waals surface area (Å²) >= 11 is 0. The number of rotatable bonds is 6. The zero-order chi connectivity index (χ0) is 17.6. The number of nitrogens with zero attached hydrogens (tertiary/aromatic N) is 4. The number of aromatic nitrogens is 4. The van der Waals surface area contributed by atoms with Gasteiger partial charge in [-0.15, -0.1) is 5.10 Å². The van der Waals surface area contributed by atoms with Crippen molar-refractivity contribution in [3.05, 3.63) is 71.5 Å². The van der Waals surface area contributed by atoms with E-state index in [4.69, 9.17) is 0 Å². The fourth-order valence-corrected chi connectivity index (χ4v) is 2.71. The molecule has 0 saturated carbocycles. The van der Waals surface area contributed by atoms with E-state index in [0.29, 0.717) is 17.1 Å². The lowest BCUT2D eigenvalue weighted by Crippen LogP contribution is -2.33. The van der Waals surface area contributed by atoms with Crippen molar-refractivity contribution in [3.63, 3.8) is 0 Å². The molecule has 0 aliphatic rings. The monoisotopic (exact) mass is 335 g/mol. The minimum absolute atomic E-state index is 0.0655. The van der Waals surface area contributed by atoms with Crippen LogP contribution in [-0.2, 0) is 6.42 Å². The number of hydrogen-bond donors (Lipinski definition) is 1. The number of nitrogens with one attached hydrogen (secondary N) is 1. The smallest absolute Gasteiger partial charge is 0.253 e. The van der Waals surface area contributed by atoms with Crippen LogP contribution in [0.15, 0.2) is 54.6 Å². The second-order valence-corrected chi connectivity index (χ2v) is 6.05. The van der Waals surface area contributed by atoms with Crippen molar-refractivity contribution in [1.82, 2.24) is 25.5 Å². The molecule has 0 saturated heterocycles. The molecule has 1 heterocycles. The van der Waals surface area contributed by atoms with Gasteiger partial charge in [0, 0.05) is 6.04 Å². The van der Waals surface area contributed by atoms with Crippen LogP contribution in [0.3, 0.4) is 0 Å². The lowest BCUT2D eigenvalue weighted by molar-refractivity contribution is 0.0938. The van der Waals surface area contributed by atoms with E-state index in [0.717, 1.165) is 12.8 Å². The Kier molecular flexibility index (Phi) is 5.18. The molecule has 0 unspecified atom stereocenters. The van der Waals surface area contributed by atoms with Crippen LogP contribution in [0.1, 0.15) is 35.1 Å². The predicted molar refractivity (Wildman–Crippen MR) is 95.6 cm³/mol. The first-order valence-corrected chi connectivity index (χ1v) is 8.34. The molecule has 0 bridgehead atoms. The average molecular weight is 335 g/mol. The van der Waals surface area contributed by atoms with E-state index in [1.54, 1.807) is 17.7 Å². The van der Waals surface area contributed by atoms with Crippen molar-refractivity contribution < 1.29 is 4.79 Å². The number of benzene rings is 2. The van der Waals surface area contributed by atoms with Crippen LogP contribution in [0.25, 0.3) is 5.69 Å². The summed E-state index contributed by atoms with van der Waals surface area (Å²) in [5.74, 6) is 0.517. The van der Waals surface area contributed by atoms with Gasteiger partial charge in [0.2, 0.25) is 0 Å². The molecule has 6 nitrogen and oxygen atoms in total. The first-order valence-electron chi connectivity index (χ1n) is 8.34. The van der Waals surface area contributed by atoms with Gasteiger partial charge in [-0.1, -0.05) is 42.5 Å². The van der Waals surface area contributed by atoms with Gasteiger partial charge in [-0.05, 0) is 54.8 Å². The van der Waals surface area contributed by atoms with Crippen LogP contribution < -0.4 is 5.32 Å². The standard InChI is InChI=1S/C19H21N5O/c1-14(12-13-16-8-4-3-5-9-16)20-19(25)17-10-6-7-11-18(17)24-15(2)21-22-23-24/h3-11,14H,12-13H2,1-2H3,(H,20,25)/t14-/m1/s1. The Balaban J connectivity index is 1.68. The molecule has 128 valence electrons. The van der Waals surface area contributed by atoms with Gasteiger partial charge in [-0.25, -0.2) is 0 Å². The fraction of sp³-hybridized carbons (Fsp3) is 0.263. The highest BCUT2D eigenvalue weighted by Crippen LogP contribution is 2.15. The fourth-order valence-electron chi connectivity index (χ4n) is 2.71. The number of aryl methyl sites for hydroxylation is 2. The molecule has 0 aliphatic carbocycles. The van der Waals surface area contributed by atoms with Crippen LogP contribution in [0, 0.1) is 6.92 Å². The normalized spacial score (nSPS) is 11.9. The first kappa shape index (κ1) is 16.8. The van der Waals surface area contributed by atoms with Gasteiger partial charge in [-0.2, -0.15) is 4.68 Å². The van der Waals surface area contributed by atoms with Crippen molar-refractivity contribution in [2.75, 3.05) is 0 Å². The largest absolute Gasteiger partial charge is 0.350 e. The summed E-state index contributed by atoms with van der Waals surface area (Å²) in [4.78, 5) is 12.7. The molecule has 0 fully saturated rings. The SMILES string of the molecule is Cc1nnnn1-c1ccccc1C(=O)N[C@H](C)CCc1ccccc1. The van der Waals surface area contributed by atoms with Crippen LogP contribution >= 0.6 is 0 Å². The first-order chi connectivity index (χ1) is 12.1. The molecule has 3 aromatic rings. The second kappa shape index (κ2) is 7.70. The topological polar surface area (TPSA) is 72.7 Å². The number of carbonyl (C=O) groups is 1. The minimum atomic E-state index is -0.119. The Morgan fingerprint density at radius 3 is 2.56 bits per heavy atom. The van der Waals surface area contributed by atoms with Crippen molar-refractivity contribution in [3.8, 4) is 5.69 Å². The third-order valence-electron chi connectivity index (χ3n) is 4.09. The zero-order valence-corrected chi connectivity index (χ0v) is 14.4. The molecule has 3 rings (SSSR count). The van der Waals surface area contributed by atoms with Gasteiger partial charge < -0.3 is 5.32 Å². The van der Waals surface area contributed by atoms with E-state index in [2.05, 4.69) is 33.0 Å². The van der Waals surface area contributed by atoms with Crippen LogP contribution in [0.4, 0.5) is 0 Å². The maximum absolute atomic E-state index is 12.7. The number of para-hydroxylation sites is 1. The van der Waals surface area contributed by atoms with Crippen LogP contribution in [0.2, 0.25) is 0 Å². The quantitative estimate of drug-likeness (QED) is 0.752. The molecular weight excluding hydrogens is 314 g/mol. The Morgan fingerprint density at radius 2 is 1.84 bits per heavy atom. The third kappa shape index (κ3) is 4.09. The van der Waals surface area contributed by atoms with E-state index in [-0.39, 0.29) is 11.9 Å². The Hall–Kier alpha value is -3.02. The summed E-state index contributed by atoms with van der Waals surface area (Å²) in [5, 5.41) is 14.6. The third-order valence-corrected chi connectivity index (χ3v) is 4.09. The van der Waals surface area contributed by atoms with Gasteiger partial charge in [0.25, 0.3) is 5.91 Å². The van der Waals surface area contributed by atoms with E-state index in [1.807, 2.05) is 43.3 Å². The molecule has 1 N–H and O–H groups in total. The molecule has 0 aliphatic heterocycles. The molecule has 1 aromatic heterocycles.